The van der Waals surface area contributed by atoms with Gasteiger partial charge in [0.2, 0.25) is 0 Å². The summed E-state index contributed by atoms with van der Waals surface area (Å²) in [6, 6.07) is 21.9. The van der Waals surface area contributed by atoms with Gasteiger partial charge in [0.25, 0.3) is 0 Å². The molecule has 0 saturated carbocycles. The average Bonchev–Trinajstić information content (AvgIpc) is 3.19. The normalized spacial score (nSPS) is 11.7. The molecule has 0 fully saturated rings. The van der Waals surface area contributed by atoms with Crippen molar-refractivity contribution in [3.8, 4) is 22.5 Å². The molecule has 7 heteroatoms. The number of rotatable bonds is 8. The first-order valence-corrected chi connectivity index (χ1v) is 11.2. The van der Waals surface area contributed by atoms with Gasteiger partial charge in [0.15, 0.2) is 5.76 Å². The van der Waals surface area contributed by atoms with Crippen molar-refractivity contribution in [1.29, 1.82) is 5.41 Å². The van der Waals surface area contributed by atoms with Gasteiger partial charge in [0.1, 0.15) is 11.9 Å². The van der Waals surface area contributed by atoms with Crippen LogP contribution >= 0.6 is 0 Å². The predicted molar refractivity (Wildman–Crippen MR) is 132 cm³/mol. The zero-order valence-corrected chi connectivity index (χ0v) is 19.5. The minimum Gasteiger partial charge on any atom is -0.457 e. The molecular weight excluding hydrogens is 445 g/mol. The van der Waals surface area contributed by atoms with Crippen molar-refractivity contribution in [2.24, 2.45) is 5.73 Å². The molecule has 6 nitrogen and oxygen atoms in total. The van der Waals surface area contributed by atoms with Crippen LogP contribution in [0.15, 0.2) is 77.3 Å². The molecule has 0 amide bonds. The fourth-order valence-corrected chi connectivity index (χ4v) is 3.92. The smallest absolute Gasteiger partial charge is 0.311 e. The molecular formula is C28H26FN3O3. The Labute approximate surface area is 203 Å². The standard InChI is InChI=1S/C28H26FN3O3/c1-17-24(16-27(33)34-18(2)23-5-3-4-6-25(23)29)28(35-32-17)22-13-11-21(12-14-22)20-9-7-19(8-10-20)15-26(30)31/h3-14,18H,15-16H2,1-2H3,(H3,30,31)/t18-/m1/s1. The zero-order valence-electron chi connectivity index (χ0n) is 19.5. The number of hydrogen-bond donors (Lipinski definition) is 2. The SMILES string of the molecule is Cc1noc(-c2ccc(-c3ccc(CC(=N)N)cc3)cc2)c1CC(=O)O[C@H](C)c1ccccc1F. The predicted octanol–water partition coefficient (Wildman–Crippen LogP) is 5.78. The highest BCUT2D eigenvalue weighted by Gasteiger charge is 2.21. The zero-order chi connectivity index (χ0) is 24.9. The van der Waals surface area contributed by atoms with Crippen molar-refractivity contribution in [3.63, 3.8) is 0 Å². The summed E-state index contributed by atoms with van der Waals surface area (Å²) in [5.74, 6) is -0.272. The van der Waals surface area contributed by atoms with Crippen LogP contribution in [0.5, 0.6) is 0 Å². The molecule has 3 aromatic carbocycles. The molecule has 0 aliphatic carbocycles. The number of nitrogens with zero attached hydrogens (tertiary/aromatic N) is 1. The van der Waals surface area contributed by atoms with Crippen LogP contribution < -0.4 is 5.73 Å². The fraction of sp³-hybridized carbons (Fsp3) is 0.179. The van der Waals surface area contributed by atoms with Crippen molar-refractivity contribution in [3.05, 3.63) is 101 Å². The maximum absolute atomic E-state index is 14.0. The van der Waals surface area contributed by atoms with Gasteiger partial charge in [-0.15, -0.1) is 0 Å². The number of nitrogens with one attached hydrogen (secondary N) is 1. The molecule has 0 saturated heterocycles. The van der Waals surface area contributed by atoms with Gasteiger partial charge in [0, 0.05) is 23.1 Å². The van der Waals surface area contributed by atoms with Crippen molar-refractivity contribution in [2.45, 2.75) is 32.8 Å². The maximum atomic E-state index is 14.0. The Kier molecular flexibility index (Phi) is 7.06. The molecule has 0 radical (unpaired) electrons. The Bertz CT molecular complexity index is 1340. The lowest BCUT2D eigenvalue weighted by Crippen LogP contribution is -2.13. The van der Waals surface area contributed by atoms with Crippen molar-refractivity contribution in [1.82, 2.24) is 5.16 Å². The van der Waals surface area contributed by atoms with E-state index in [-0.39, 0.29) is 12.3 Å². The Morgan fingerprint density at radius 3 is 2.23 bits per heavy atom. The molecule has 1 heterocycles. The van der Waals surface area contributed by atoms with E-state index < -0.39 is 17.9 Å². The van der Waals surface area contributed by atoms with Gasteiger partial charge in [-0.05, 0) is 36.6 Å². The summed E-state index contributed by atoms with van der Waals surface area (Å²) in [6.07, 6.45) is -0.328. The van der Waals surface area contributed by atoms with Crippen molar-refractivity contribution < 1.29 is 18.4 Å². The number of amidine groups is 1. The first-order valence-electron chi connectivity index (χ1n) is 11.2. The first-order chi connectivity index (χ1) is 16.8. The minimum absolute atomic E-state index is 0.0389. The summed E-state index contributed by atoms with van der Waals surface area (Å²) in [5.41, 5.74) is 10.8. The van der Waals surface area contributed by atoms with E-state index in [1.54, 1.807) is 32.0 Å². The van der Waals surface area contributed by atoms with Crippen molar-refractivity contribution >= 4 is 11.8 Å². The highest BCUT2D eigenvalue weighted by molar-refractivity contribution is 5.80. The summed E-state index contributed by atoms with van der Waals surface area (Å²) < 4.78 is 25.0. The lowest BCUT2D eigenvalue weighted by atomic mass is 9.99. The van der Waals surface area contributed by atoms with E-state index in [4.69, 9.17) is 20.4 Å². The Morgan fingerprint density at radius 2 is 1.60 bits per heavy atom. The number of hydrogen-bond acceptors (Lipinski definition) is 5. The second-order valence-corrected chi connectivity index (χ2v) is 8.38. The van der Waals surface area contributed by atoms with Gasteiger partial charge in [-0.2, -0.15) is 0 Å². The average molecular weight is 472 g/mol. The quantitative estimate of drug-likeness (QED) is 0.193. The van der Waals surface area contributed by atoms with Crippen LogP contribution in [0, 0.1) is 18.2 Å². The number of aromatic nitrogens is 1. The molecule has 3 N–H and O–H groups in total. The van der Waals surface area contributed by atoms with Gasteiger partial charge >= 0.3 is 5.97 Å². The summed E-state index contributed by atoms with van der Waals surface area (Å²) in [5, 5.41) is 11.5. The van der Waals surface area contributed by atoms with Crippen LogP contribution in [-0.4, -0.2) is 17.0 Å². The number of ether oxygens (including phenoxy) is 1. The number of halogens is 1. The number of benzene rings is 3. The second-order valence-electron chi connectivity index (χ2n) is 8.38. The van der Waals surface area contributed by atoms with E-state index in [9.17, 15) is 9.18 Å². The molecule has 4 aromatic rings. The van der Waals surface area contributed by atoms with Gasteiger partial charge < -0.3 is 15.0 Å². The Morgan fingerprint density at radius 1 is 1.00 bits per heavy atom. The second kappa shape index (κ2) is 10.3. The Balaban J connectivity index is 1.48. The summed E-state index contributed by atoms with van der Waals surface area (Å²) in [4.78, 5) is 12.6. The van der Waals surface area contributed by atoms with E-state index >= 15 is 0 Å². The summed E-state index contributed by atoms with van der Waals surface area (Å²) in [7, 11) is 0. The third-order valence-corrected chi connectivity index (χ3v) is 5.79. The Hall–Kier alpha value is -4.26. The van der Waals surface area contributed by atoms with Crippen LogP contribution in [0.2, 0.25) is 0 Å². The molecule has 1 aromatic heterocycles. The van der Waals surface area contributed by atoms with E-state index in [2.05, 4.69) is 5.16 Å². The van der Waals surface area contributed by atoms with Crippen LogP contribution in [-0.2, 0) is 22.4 Å². The number of nitrogens with two attached hydrogens (primary N) is 1. The van der Waals surface area contributed by atoms with E-state index in [0.717, 1.165) is 22.3 Å². The number of carbonyl (C=O) groups is 1. The first kappa shape index (κ1) is 23.9. The van der Waals surface area contributed by atoms with Crippen LogP contribution in [0.3, 0.4) is 0 Å². The van der Waals surface area contributed by atoms with Gasteiger partial charge in [-0.25, -0.2) is 4.39 Å². The van der Waals surface area contributed by atoms with Gasteiger partial charge in [-0.3, -0.25) is 10.2 Å². The maximum Gasteiger partial charge on any atom is 0.311 e. The molecule has 0 spiro atoms. The summed E-state index contributed by atoms with van der Waals surface area (Å²) in [6.45, 7) is 3.41. The number of aryl methyl sites for hydroxylation is 1. The molecule has 0 aliphatic heterocycles. The third kappa shape index (κ3) is 5.63. The van der Waals surface area contributed by atoms with E-state index in [0.29, 0.717) is 29.0 Å². The molecule has 1 atom stereocenters. The number of esters is 1. The highest BCUT2D eigenvalue weighted by Crippen LogP contribution is 2.30. The fourth-order valence-electron chi connectivity index (χ4n) is 3.92. The van der Waals surface area contributed by atoms with E-state index in [1.165, 1.54) is 6.07 Å². The molecule has 35 heavy (non-hydrogen) atoms. The molecule has 178 valence electrons. The molecule has 0 aliphatic rings. The molecule has 4 rings (SSSR count). The highest BCUT2D eigenvalue weighted by atomic mass is 19.1. The minimum atomic E-state index is -0.714. The lowest BCUT2D eigenvalue weighted by Gasteiger charge is -2.14. The summed E-state index contributed by atoms with van der Waals surface area (Å²) >= 11 is 0. The molecule has 0 unspecified atom stereocenters. The monoisotopic (exact) mass is 471 g/mol. The van der Waals surface area contributed by atoms with Gasteiger partial charge in [-0.1, -0.05) is 71.9 Å². The largest absolute Gasteiger partial charge is 0.457 e. The topological polar surface area (TPSA) is 102 Å². The van der Waals surface area contributed by atoms with Gasteiger partial charge in [0.05, 0.1) is 18.0 Å². The van der Waals surface area contributed by atoms with Crippen LogP contribution in [0.25, 0.3) is 22.5 Å². The third-order valence-electron chi connectivity index (χ3n) is 5.79. The lowest BCUT2D eigenvalue weighted by molar-refractivity contribution is -0.147. The van der Waals surface area contributed by atoms with Crippen LogP contribution in [0.1, 0.15) is 35.4 Å². The van der Waals surface area contributed by atoms with Crippen LogP contribution in [0.4, 0.5) is 4.39 Å². The van der Waals surface area contributed by atoms with E-state index in [1.807, 2.05) is 48.5 Å². The molecule has 0 bridgehead atoms. The number of carbonyl (C=O) groups excluding carboxylic acids is 1. The van der Waals surface area contributed by atoms with Crippen molar-refractivity contribution in [2.75, 3.05) is 0 Å².